The Morgan fingerprint density at radius 2 is 2.22 bits per heavy atom. The van der Waals surface area contributed by atoms with Crippen molar-refractivity contribution < 1.29 is 9.90 Å². The third kappa shape index (κ3) is 3.40. The first kappa shape index (κ1) is 12.8. The van der Waals surface area contributed by atoms with Gasteiger partial charge >= 0.3 is 5.97 Å². The van der Waals surface area contributed by atoms with Crippen LogP contribution in [0.15, 0.2) is 18.3 Å². The van der Waals surface area contributed by atoms with Gasteiger partial charge in [0.25, 0.3) is 0 Å². The van der Waals surface area contributed by atoms with Crippen LogP contribution in [0, 0.1) is 0 Å². The average Bonchev–Trinajstić information content (AvgIpc) is 2.96. The van der Waals surface area contributed by atoms with Gasteiger partial charge in [-0.15, -0.1) is 16.4 Å². The van der Waals surface area contributed by atoms with Gasteiger partial charge in [0.1, 0.15) is 0 Å². The number of rotatable bonds is 6. The van der Waals surface area contributed by atoms with Gasteiger partial charge in [-0.3, -0.25) is 4.79 Å². The molecular formula is C12H15N3O2S. The minimum absolute atomic E-state index is 0.0949. The molecule has 0 amide bonds. The van der Waals surface area contributed by atoms with Crippen molar-refractivity contribution in [3.63, 3.8) is 0 Å². The van der Waals surface area contributed by atoms with E-state index in [1.54, 1.807) is 16.0 Å². The molecular weight excluding hydrogens is 250 g/mol. The smallest absolute Gasteiger partial charge is 0.303 e. The minimum atomic E-state index is -0.810. The molecule has 0 saturated carbocycles. The van der Waals surface area contributed by atoms with Gasteiger partial charge in [-0.2, -0.15) is 0 Å². The molecule has 0 aliphatic rings. The van der Waals surface area contributed by atoms with E-state index in [2.05, 4.69) is 29.4 Å². The molecule has 1 N–H and O–H groups in total. The van der Waals surface area contributed by atoms with Gasteiger partial charge in [0.05, 0.1) is 18.7 Å². The first-order chi connectivity index (χ1) is 8.67. The second-order valence-electron chi connectivity index (χ2n) is 4.02. The second-order valence-corrected chi connectivity index (χ2v) is 5.28. The Morgan fingerprint density at radius 3 is 2.89 bits per heavy atom. The summed E-state index contributed by atoms with van der Waals surface area (Å²) in [6.45, 7) is 2.83. The van der Waals surface area contributed by atoms with Gasteiger partial charge in [0.15, 0.2) is 0 Å². The van der Waals surface area contributed by atoms with Gasteiger partial charge in [0.2, 0.25) is 0 Å². The lowest BCUT2D eigenvalue weighted by Gasteiger charge is -1.95. The number of aryl methyl sites for hydroxylation is 2. The fraction of sp³-hybridized carbons (Fsp3) is 0.417. The monoisotopic (exact) mass is 265 g/mol. The van der Waals surface area contributed by atoms with E-state index in [1.165, 1.54) is 9.75 Å². The summed E-state index contributed by atoms with van der Waals surface area (Å²) in [7, 11) is 0. The van der Waals surface area contributed by atoms with Crippen LogP contribution < -0.4 is 0 Å². The lowest BCUT2D eigenvalue weighted by molar-refractivity contribution is -0.136. The zero-order valence-electron chi connectivity index (χ0n) is 10.2. The van der Waals surface area contributed by atoms with Crippen molar-refractivity contribution >= 4 is 17.3 Å². The summed E-state index contributed by atoms with van der Waals surface area (Å²) in [5.74, 6) is -0.810. The highest BCUT2D eigenvalue weighted by Gasteiger charge is 2.05. The molecule has 6 heteroatoms. The molecule has 2 rings (SSSR count). The molecule has 0 fully saturated rings. The summed E-state index contributed by atoms with van der Waals surface area (Å²) >= 11 is 1.77. The third-order valence-electron chi connectivity index (χ3n) is 2.56. The van der Waals surface area contributed by atoms with E-state index in [4.69, 9.17) is 5.11 Å². The van der Waals surface area contributed by atoms with Crippen molar-refractivity contribution in [2.45, 2.75) is 32.7 Å². The molecule has 2 aromatic rings. The first-order valence-electron chi connectivity index (χ1n) is 5.85. The quantitative estimate of drug-likeness (QED) is 0.867. The van der Waals surface area contributed by atoms with Crippen molar-refractivity contribution in [2.75, 3.05) is 0 Å². The highest BCUT2D eigenvalue weighted by Crippen LogP contribution is 2.17. The Hall–Kier alpha value is -1.69. The maximum atomic E-state index is 10.5. The lowest BCUT2D eigenvalue weighted by Crippen LogP contribution is -1.98. The molecule has 0 bridgehead atoms. The van der Waals surface area contributed by atoms with E-state index in [1.807, 2.05) is 6.20 Å². The fourth-order valence-electron chi connectivity index (χ4n) is 1.62. The van der Waals surface area contributed by atoms with Crippen LogP contribution in [0.3, 0.4) is 0 Å². The summed E-state index contributed by atoms with van der Waals surface area (Å²) in [6.07, 6.45) is 3.39. The predicted molar refractivity (Wildman–Crippen MR) is 68.8 cm³/mol. The summed E-state index contributed by atoms with van der Waals surface area (Å²) < 4.78 is 1.75. The van der Waals surface area contributed by atoms with Crippen LogP contribution in [0.5, 0.6) is 0 Å². The van der Waals surface area contributed by atoms with Gasteiger partial charge in [-0.05, 0) is 18.6 Å². The molecule has 0 atom stereocenters. The molecule has 96 valence electrons. The maximum absolute atomic E-state index is 10.5. The highest BCUT2D eigenvalue weighted by atomic mass is 32.1. The number of carbonyl (C=O) groups is 1. The second kappa shape index (κ2) is 5.77. The summed E-state index contributed by atoms with van der Waals surface area (Å²) in [5.41, 5.74) is 0.727. The van der Waals surface area contributed by atoms with Crippen molar-refractivity contribution in [3.05, 3.63) is 33.8 Å². The van der Waals surface area contributed by atoms with E-state index in [0.29, 0.717) is 13.0 Å². The third-order valence-corrected chi connectivity index (χ3v) is 3.78. The molecule has 0 aliphatic heterocycles. The maximum Gasteiger partial charge on any atom is 0.303 e. The topological polar surface area (TPSA) is 68.0 Å². The average molecular weight is 265 g/mol. The predicted octanol–water partition coefficient (Wildman–Crippen LogP) is 1.97. The number of nitrogens with zero attached hydrogens (tertiary/aromatic N) is 3. The molecule has 18 heavy (non-hydrogen) atoms. The Balaban J connectivity index is 1.95. The largest absolute Gasteiger partial charge is 0.481 e. The number of carboxylic acids is 1. The van der Waals surface area contributed by atoms with Crippen molar-refractivity contribution in [1.29, 1.82) is 0 Å². The number of carboxylic acid groups (broad SMARTS) is 1. The zero-order chi connectivity index (χ0) is 13.0. The minimum Gasteiger partial charge on any atom is -0.481 e. The highest BCUT2D eigenvalue weighted by molar-refractivity contribution is 7.11. The molecule has 0 spiro atoms. The number of thiophene rings is 1. The fourth-order valence-corrected chi connectivity index (χ4v) is 2.57. The van der Waals surface area contributed by atoms with Crippen LogP contribution in [0.4, 0.5) is 0 Å². The van der Waals surface area contributed by atoms with Crippen molar-refractivity contribution in [1.82, 2.24) is 15.0 Å². The Labute approximate surface area is 109 Å². The van der Waals surface area contributed by atoms with Crippen molar-refractivity contribution in [2.24, 2.45) is 0 Å². The lowest BCUT2D eigenvalue weighted by atomic mass is 10.2. The summed E-state index contributed by atoms with van der Waals surface area (Å²) in [5, 5.41) is 16.6. The molecule has 2 aromatic heterocycles. The van der Waals surface area contributed by atoms with Gasteiger partial charge < -0.3 is 5.11 Å². The molecule has 5 nitrogen and oxygen atoms in total. The molecule has 0 unspecified atom stereocenters. The van der Waals surface area contributed by atoms with E-state index < -0.39 is 5.97 Å². The number of aliphatic carboxylic acids is 1. The van der Waals surface area contributed by atoms with Crippen LogP contribution in [0.1, 0.15) is 28.8 Å². The molecule has 0 radical (unpaired) electrons. The number of hydrogen-bond acceptors (Lipinski definition) is 4. The van der Waals surface area contributed by atoms with E-state index in [-0.39, 0.29) is 6.42 Å². The number of hydrogen-bond donors (Lipinski definition) is 1. The van der Waals surface area contributed by atoms with Gasteiger partial charge in [-0.1, -0.05) is 12.1 Å². The molecule has 0 aromatic carbocycles. The van der Waals surface area contributed by atoms with E-state index >= 15 is 0 Å². The standard InChI is InChI=1S/C12H15N3O2S/c1-2-10-4-5-11(18-10)8-15-7-9(13-14-15)3-6-12(16)17/h4-5,7H,2-3,6,8H2,1H3,(H,16,17). The van der Waals surface area contributed by atoms with Crippen LogP contribution >= 0.6 is 11.3 Å². The summed E-state index contributed by atoms with van der Waals surface area (Å²) in [6, 6.07) is 4.23. The first-order valence-corrected chi connectivity index (χ1v) is 6.67. The molecule has 0 aliphatic carbocycles. The summed E-state index contributed by atoms with van der Waals surface area (Å²) in [4.78, 5) is 13.0. The SMILES string of the molecule is CCc1ccc(Cn2cc(CCC(=O)O)nn2)s1. The van der Waals surface area contributed by atoms with Crippen LogP contribution in [0.25, 0.3) is 0 Å². The van der Waals surface area contributed by atoms with Crippen LogP contribution in [-0.4, -0.2) is 26.1 Å². The van der Waals surface area contributed by atoms with Gasteiger partial charge in [0, 0.05) is 22.4 Å². The number of aromatic nitrogens is 3. The van der Waals surface area contributed by atoms with Crippen molar-refractivity contribution in [3.8, 4) is 0 Å². The molecule has 2 heterocycles. The van der Waals surface area contributed by atoms with E-state index in [0.717, 1.165) is 12.1 Å². The van der Waals surface area contributed by atoms with Gasteiger partial charge in [-0.25, -0.2) is 4.68 Å². The van der Waals surface area contributed by atoms with E-state index in [9.17, 15) is 4.79 Å². The Kier molecular flexibility index (Phi) is 4.09. The van der Waals surface area contributed by atoms with Crippen LogP contribution in [-0.2, 0) is 24.2 Å². The normalized spacial score (nSPS) is 10.7. The Bertz CT molecular complexity index is 533. The van der Waals surface area contributed by atoms with Crippen LogP contribution in [0.2, 0.25) is 0 Å². The Morgan fingerprint density at radius 1 is 1.44 bits per heavy atom. The molecule has 0 saturated heterocycles. The zero-order valence-corrected chi connectivity index (χ0v) is 11.0.